The molecule has 5 nitrogen and oxygen atoms in total. The maximum atomic E-state index is 11.8. The predicted molar refractivity (Wildman–Crippen MR) is 65.1 cm³/mol. The van der Waals surface area contributed by atoms with Gasteiger partial charge >= 0.3 is 5.97 Å². The van der Waals surface area contributed by atoms with Gasteiger partial charge in [-0.2, -0.15) is 0 Å². The first-order chi connectivity index (χ1) is 8.66. The SMILES string of the molecule is O=C(O)C1CCC(C(=O)NCCC2CCCC2)O1. The number of nitrogens with one attached hydrogen (secondary N) is 1. The van der Waals surface area contributed by atoms with Gasteiger partial charge in [0.1, 0.15) is 6.10 Å². The number of hydrogen-bond acceptors (Lipinski definition) is 3. The maximum Gasteiger partial charge on any atom is 0.332 e. The molecule has 102 valence electrons. The lowest BCUT2D eigenvalue weighted by Crippen LogP contribution is -2.36. The number of ether oxygens (including phenoxy) is 1. The van der Waals surface area contributed by atoms with Crippen molar-refractivity contribution >= 4 is 11.9 Å². The highest BCUT2D eigenvalue weighted by Crippen LogP contribution is 2.27. The summed E-state index contributed by atoms with van der Waals surface area (Å²) in [6.07, 6.45) is 5.75. The van der Waals surface area contributed by atoms with Crippen molar-refractivity contribution in [2.45, 2.75) is 57.2 Å². The fourth-order valence-electron chi connectivity index (χ4n) is 2.82. The zero-order chi connectivity index (χ0) is 13.0. The van der Waals surface area contributed by atoms with Gasteiger partial charge in [0, 0.05) is 6.54 Å². The van der Waals surface area contributed by atoms with Crippen molar-refractivity contribution in [1.29, 1.82) is 0 Å². The Kier molecular flexibility index (Phi) is 4.58. The molecule has 0 spiro atoms. The van der Waals surface area contributed by atoms with Crippen molar-refractivity contribution in [1.82, 2.24) is 5.32 Å². The summed E-state index contributed by atoms with van der Waals surface area (Å²) in [5, 5.41) is 11.6. The molecule has 0 aromatic rings. The van der Waals surface area contributed by atoms with Crippen LogP contribution in [0.3, 0.4) is 0 Å². The van der Waals surface area contributed by atoms with E-state index in [4.69, 9.17) is 9.84 Å². The molecule has 2 unspecified atom stereocenters. The molecule has 1 amide bonds. The van der Waals surface area contributed by atoms with Crippen LogP contribution < -0.4 is 5.32 Å². The number of aliphatic carboxylic acids is 1. The van der Waals surface area contributed by atoms with E-state index < -0.39 is 18.2 Å². The van der Waals surface area contributed by atoms with Gasteiger partial charge in [-0.3, -0.25) is 4.79 Å². The van der Waals surface area contributed by atoms with E-state index in [0.29, 0.717) is 19.4 Å². The number of carbonyl (C=O) groups excluding carboxylic acids is 1. The van der Waals surface area contributed by atoms with Crippen LogP contribution in [-0.4, -0.2) is 35.7 Å². The molecule has 2 atom stereocenters. The van der Waals surface area contributed by atoms with Gasteiger partial charge in [0.15, 0.2) is 6.10 Å². The van der Waals surface area contributed by atoms with Gasteiger partial charge in [0.05, 0.1) is 0 Å². The topological polar surface area (TPSA) is 75.6 Å². The van der Waals surface area contributed by atoms with Crippen molar-refractivity contribution < 1.29 is 19.4 Å². The Balaban J connectivity index is 1.64. The van der Waals surface area contributed by atoms with Crippen molar-refractivity contribution in [3.63, 3.8) is 0 Å². The first-order valence-corrected chi connectivity index (χ1v) is 6.83. The predicted octanol–water partition coefficient (Wildman–Crippen LogP) is 1.32. The van der Waals surface area contributed by atoms with Crippen LogP contribution in [0, 0.1) is 5.92 Å². The van der Waals surface area contributed by atoms with Crippen molar-refractivity contribution in [3.8, 4) is 0 Å². The molecule has 2 rings (SSSR count). The smallest absolute Gasteiger partial charge is 0.332 e. The van der Waals surface area contributed by atoms with Gasteiger partial charge in [-0.25, -0.2) is 4.79 Å². The van der Waals surface area contributed by atoms with E-state index >= 15 is 0 Å². The van der Waals surface area contributed by atoms with Crippen LogP contribution in [0.2, 0.25) is 0 Å². The summed E-state index contributed by atoms with van der Waals surface area (Å²) in [7, 11) is 0. The van der Waals surface area contributed by atoms with Gasteiger partial charge in [-0.1, -0.05) is 25.7 Å². The molecule has 1 aliphatic carbocycles. The second-order valence-electron chi connectivity index (χ2n) is 5.26. The third kappa shape index (κ3) is 3.45. The average Bonchev–Trinajstić information content (AvgIpc) is 2.99. The van der Waals surface area contributed by atoms with Crippen molar-refractivity contribution in [2.24, 2.45) is 5.92 Å². The fraction of sp³-hybridized carbons (Fsp3) is 0.846. The van der Waals surface area contributed by atoms with E-state index in [9.17, 15) is 9.59 Å². The summed E-state index contributed by atoms with van der Waals surface area (Å²) in [6, 6.07) is 0. The molecule has 2 fully saturated rings. The normalized spacial score (nSPS) is 28.4. The summed E-state index contributed by atoms with van der Waals surface area (Å²) in [4.78, 5) is 22.5. The van der Waals surface area contributed by atoms with E-state index in [0.717, 1.165) is 12.3 Å². The summed E-state index contributed by atoms with van der Waals surface area (Å²) in [5.41, 5.74) is 0. The van der Waals surface area contributed by atoms with Crippen LogP contribution in [0.4, 0.5) is 0 Å². The fourth-order valence-corrected chi connectivity index (χ4v) is 2.82. The molecular formula is C13H21NO4. The molecule has 5 heteroatoms. The molecule has 1 saturated carbocycles. The molecule has 1 heterocycles. The van der Waals surface area contributed by atoms with E-state index in [1.165, 1.54) is 25.7 Å². The van der Waals surface area contributed by atoms with Gasteiger partial charge in [0.2, 0.25) is 5.91 Å². The zero-order valence-corrected chi connectivity index (χ0v) is 10.6. The Morgan fingerprint density at radius 1 is 1.11 bits per heavy atom. The molecule has 0 radical (unpaired) electrons. The number of carbonyl (C=O) groups is 2. The molecule has 18 heavy (non-hydrogen) atoms. The highest BCUT2D eigenvalue weighted by molar-refractivity contribution is 5.82. The van der Waals surface area contributed by atoms with Gasteiger partial charge < -0.3 is 15.2 Å². The summed E-state index contributed by atoms with van der Waals surface area (Å²) in [6.45, 7) is 0.682. The standard InChI is InChI=1S/C13H21NO4/c15-12(10-5-6-11(18-10)13(16)17)14-8-7-9-3-1-2-4-9/h9-11H,1-8H2,(H,14,15)(H,16,17). The lowest BCUT2D eigenvalue weighted by atomic mass is 10.0. The largest absolute Gasteiger partial charge is 0.479 e. The van der Waals surface area contributed by atoms with Gasteiger partial charge in [0.25, 0.3) is 0 Å². The maximum absolute atomic E-state index is 11.8. The quantitative estimate of drug-likeness (QED) is 0.776. The van der Waals surface area contributed by atoms with Crippen LogP contribution in [0.15, 0.2) is 0 Å². The number of hydrogen-bond donors (Lipinski definition) is 2. The van der Waals surface area contributed by atoms with E-state index in [1.807, 2.05) is 0 Å². The van der Waals surface area contributed by atoms with Crippen LogP contribution in [0.1, 0.15) is 44.9 Å². The summed E-state index contributed by atoms with van der Waals surface area (Å²) in [5.74, 6) is -0.380. The zero-order valence-electron chi connectivity index (χ0n) is 10.6. The number of carboxylic acids is 1. The highest BCUT2D eigenvalue weighted by atomic mass is 16.5. The first-order valence-electron chi connectivity index (χ1n) is 6.83. The second kappa shape index (κ2) is 6.18. The minimum absolute atomic E-state index is 0.156. The first kappa shape index (κ1) is 13.3. The Bertz CT molecular complexity index is 312. The highest BCUT2D eigenvalue weighted by Gasteiger charge is 2.34. The molecule has 0 aromatic carbocycles. The van der Waals surface area contributed by atoms with Crippen LogP contribution in [0.5, 0.6) is 0 Å². The molecule has 1 aliphatic heterocycles. The molecule has 2 N–H and O–H groups in total. The van der Waals surface area contributed by atoms with Crippen LogP contribution >= 0.6 is 0 Å². The minimum Gasteiger partial charge on any atom is -0.479 e. The average molecular weight is 255 g/mol. The molecular weight excluding hydrogens is 234 g/mol. The molecule has 1 saturated heterocycles. The van der Waals surface area contributed by atoms with E-state index in [-0.39, 0.29) is 5.91 Å². The lowest BCUT2D eigenvalue weighted by molar-refractivity contribution is -0.151. The second-order valence-corrected chi connectivity index (χ2v) is 5.26. The third-order valence-electron chi connectivity index (χ3n) is 3.91. The summed E-state index contributed by atoms with van der Waals surface area (Å²) < 4.78 is 5.20. The Morgan fingerprint density at radius 2 is 1.78 bits per heavy atom. The number of amides is 1. The number of carboxylic acid groups (broad SMARTS) is 1. The Morgan fingerprint density at radius 3 is 2.39 bits per heavy atom. The Labute approximate surface area is 107 Å². The molecule has 2 aliphatic rings. The van der Waals surface area contributed by atoms with E-state index in [1.54, 1.807) is 0 Å². The van der Waals surface area contributed by atoms with Crippen molar-refractivity contribution in [2.75, 3.05) is 6.54 Å². The summed E-state index contributed by atoms with van der Waals surface area (Å²) >= 11 is 0. The number of rotatable bonds is 5. The van der Waals surface area contributed by atoms with E-state index in [2.05, 4.69) is 5.32 Å². The third-order valence-corrected chi connectivity index (χ3v) is 3.91. The molecule has 0 aromatic heterocycles. The van der Waals surface area contributed by atoms with Gasteiger partial charge in [-0.15, -0.1) is 0 Å². The van der Waals surface area contributed by atoms with Crippen LogP contribution in [0.25, 0.3) is 0 Å². The minimum atomic E-state index is -0.976. The van der Waals surface area contributed by atoms with Crippen molar-refractivity contribution in [3.05, 3.63) is 0 Å². The monoisotopic (exact) mass is 255 g/mol. The molecule has 0 bridgehead atoms. The van der Waals surface area contributed by atoms with Gasteiger partial charge in [-0.05, 0) is 25.2 Å². The Hall–Kier alpha value is -1.10. The lowest BCUT2D eigenvalue weighted by Gasteiger charge is -2.13. The van der Waals surface area contributed by atoms with Crippen LogP contribution in [-0.2, 0) is 14.3 Å².